The Balaban J connectivity index is 1.87. The Bertz CT molecular complexity index is 549. The highest BCUT2D eigenvalue weighted by atomic mass is 16.6. The molecular weight excluding hydrogens is 300 g/mol. The highest BCUT2D eigenvalue weighted by Crippen LogP contribution is 2.48. The molecule has 0 aromatic heterocycles. The van der Waals surface area contributed by atoms with Crippen molar-refractivity contribution in [2.75, 3.05) is 6.61 Å². The van der Waals surface area contributed by atoms with Crippen molar-refractivity contribution in [2.45, 2.75) is 57.3 Å². The number of hydrogen-bond donors (Lipinski definition) is 3. The molecule has 23 heavy (non-hydrogen) atoms. The van der Waals surface area contributed by atoms with E-state index in [1.165, 1.54) is 6.08 Å². The molecule has 4 atom stereocenters. The number of carbonyl (C=O) groups excluding carboxylic acids is 1. The van der Waals surface area contributed by atoms with Gasteiger partial charge in [0, 0.05) is 6.42 Å². The Morgan fingerprint density at radius 2 is 2.22 bits per heavy atom. The minimum absolute atomic E-state index is 0.208. The summed E-state index contributed by atoms with van der Waals surface area (Å²) in [7, 11) is 0. The third kappa shape index (κ3) is 3.71. The number of ketones is 1. The van der Waals surface area contributed by atoms with Crippen LogP contribution in [0.1, 0.15) is 39.5 Å². The first-order valence-corrected chi connectivity index (χ1v) is 7.92. The van der Waals surface area contributed by atoms with Crippen LogP contribution in [-0.4, -0.2) is 51.5 Å². The molecule has 1 fully saturated rings. The molecule has 0 bridgehead atoms. The largest absolute Gasteiger partial charge is 0.481 e. The summed E-state index contributed by atoms with van der Waals surface area (Å²) in [5.74, 6) is -1.34. The molecule has 2 aliphatic rings. The Morgan fingerprint density at radius 1 is 1.52 bits per heavy atom. The average molecular weight is 324 g/mol. The van der Waals surface area contributed by atoms with Gasteiger partial charge in [0.25, 0.3) is 0 Å². The number of aliphatic hydroxyl groups is 2. The fraction of sp³-hybridized carbons (Fsp3) is 0.647. The molecule has 1 saturated heterocycles. The summed E-state index contributed by atoms with van der Waals surface area (Å²) in [5.41, 5.74) is 0.398. The SMILES string of the molecule is CC(=CCC12OC1C(O)C(CO)=CC2=O)CCCC(C)C(=O)O. The summed E-state index contributed by atoms with van der Waals surface area (Å²) in [6, 6.07) is 0. The highest BCUT2D eigenvalue weighted by Gasteiger charge is 2.66. The molecule has 6 heteroatoms. The number of rotatable bonds is 8. The molecule has 1 aliphatic heterocycles. The molecule has 0 aromatic carbocycles. The Kier molecular flexibility index (Phi) is 5.39. The topological polar surface area (TPSA) is 107 Å². The van der Waals surface area contributed by atoms with Gasteiger partial charge in [-0.3, -0.25) is 9.59 Å². The Hall–Kier alpha value is -1.50. The number of fused-ring (bicyclic) bond motifs is 1. The smallest absolute Gasteiger partial charge is 0.306 e. The number of allylic oxidation sites excluding steroid dienone is 1. The molecule has 0 radical (unpaired) electrons. The van der Waals surface area contributed by atoms with Gasteiger partial charge in [0.1, 0.15) is 12.2 Å². The molecule has 0 spiro atoms. The maximum atomic E-state index is 12.1. The van der Waals surface area contributed by atoms with Gasteiger partial charge in [-0.15, -0.1) is 0 Å². The molecule has 3 N–H and O–H groups in total. The number of ether oxygens (including phenoxy) is 1. The van der Waals surface area contributed by atoms with Crippen LogP contribution >= 0.6 is 0 Å². The second-order valence-corrected chi connectivity index (χ2v) is 6.50. The van der Waals surface area contributed by atoms with Crippen LogP contribution in [0, 0.1) is 5.92 Å². The van der Waals surface area contributed by atoms with E-state index in [9.17, 15) is 14.7 Å². The lowest BCUT2D eigenvalue weighted by molar-refractivity contribution is -0.141. The van der Waals surface area contributed by atoms with E-state index < -0.39 is 23.8 Å². The van der Waals surface area contributed by atoms with Gasteiger partial charge in [-0.25, -0.2) is 0 Å². The van der Waals surface area contributed by atoms with Crippen molar-refractivity contribution in [3.63, 3.8) is 0 Å². The number of carboxylic acids is 1. The molecule has 1 aliphatic carbocycles. The second kappa shape index (κ2) is 6.95. The lowest BCUT2D eigenvalue weighted by Gasteiger charge is -2.19. The van der Waals surface area contributed by atoms with Crippen LogP contribution in [-0.2, 0) is 14.3 Å². The summed E-state index contributed by atoms with van der Waals surface area (Å²) in [6.07, 6.45) is 4.26. The summed E-state index contributed by atoms with van der Waals surface area (Å²) < 4.78 is 5.46. The first-order valence-electron chi connectivity index (χ1n) is 7.92. The van der Waals surface area contributed by atoms with Crippen LogP contribution in [0.2, 0.25) is 0 Å². The van der Waals surface area contributed by atoms with Crippen molar-refractivity contribution in [3.8, 4) is 0 Å². The molecule has 0 aromatic rings. The lowest BCUT2D eigenvalue weighted by Crippen LogP contribution is -2.37. The van der Waals surface area contributed by atoms with Crippen molar-refractivity contribution in [1.82, 2.24) is 0 Å². The molecule has 0 amide bonds. The van der Waals surface area contributed by atoms with Gasteiger partial charge in [0.05, 0.1) is 12.5 Å². The van der Waals surface area contributed by atoms with E-state index in [0.29, 0.717) is 18.4 Å². The maximum absolute atomic E-state index is 12.1. The zero-order valence-corrected chi connectivity index (χ0v) is 13.5. The van der Waals surface area contributed by atoms with Crippen LogP contribution in [0.3, 0.4) is 0 Å². The third-order valence-corrected chi connectivity index (χ3v) is 4.71. The summed E-state index contributed by atoms with van der Waals surface area (Å²) in [4.78, 5) is 22.9. The number of hydrogen-bond acceptors (Lipinski definition) is 5. The van der Waals surface area contributed by atoms with E-state index in [0.717, 1.165) is 18.4 Å². The molecule has 4 unspecified atom stereocenters. The van der Waals surface area contributed by atoms with E-state index in [4.69, 9.17) is 14.9 Å². The van der Waals surface area contributed by atoms with Crippen LogP contribution in [0.4, 0.5) is 0 Å². The van der Waals surface area contributed by atoms with Gasteiger partial charge in [0.15, 0.2) is 11.4 Å². The average Bonchev–Trinajstić information content (AvgIpc) is 3.25. The van der Waals surface area contributed by atoms with Crippen LogP contribution in [0.5, 0.6) is 0 Å². The first-order chi connectivity index (χ1) is 10.8. The predicted molar refractivity (Wildman–Crippen MR) is 82.8 cm³/mol. The molecular formula is C17H24O6. The van der Waals surface area contributed by atoms with E-state index in [-0.39, 0.29) is 18.3 Å². The van der Waals surface area contributed by atoms with Crippen molar-refractivity contribution >= 4 is 11.8 Å². The number of carbonyl (C=O) groups is 2. The van der Waals surface area contributed by atoms with Crippen LogP contribution in [0.15, 0.2) is 23.3 Å². The van der Waals surface area contributed by atoms with Crippen molar-refractivity contribution in [2.24, 2.45) is 5.92 Å². The lowest BCUT2D eigenvalue weighted by atomic mass is 9.84. The summed E-state index contributed by atoms with van der Waals surface area (Å²) in [6.45, 7) is 3.29. The van der Waals surface area contributed by atoms with E-state index in [1.54, 1.807) is 6.92 Å². The summed E-state index contributed by atoms with van der Waals surface area (Å²) >= 11 is 0. The standard InChI is InChI=1S/C17H24O6/c1-10(4-3-5-11(2)16(21)22)6-7-17-13(19)8-12(9-18)14(20)15(17)23-17/h6,8,11,14-15,18,20H,3-5,7,9H2,1-2H3,(H,21,22). The molecule has 1 heterocycles. The molecule has 6 nitrogen and oxygen atoms in total. The second-order valence-electron chi connectivity index (χ2n) is 6.50. The van der Waals surface area contributed by atoms with E-state index in [1.807, 2.05) is 13.0 Å². The predicted octanol–water partition coefficient (Wildman–Crippen LogP) is 1.21. The van der Waals surface area contributed by atoms with Crippen LogP contribution < -0.4 is 0 Å². The number of aliphatic hydroxyl groups excluding tert-OH is 2. The van der Waals surface area contributed by atoms with Crippen molar-refractivity contribution in [1.29, 1.82) is 0 Å². The summed E-state index contributed by atoms with van der Waals surface area (Å²) in [5, 5.41) is 27.9. The number of epoxide rings is 1. The van der Waals surface area contributed by atoms with Gasteiger partial charge < -0.3 is 20.1 Å². The fourth-order valence-electron chi connectivity index (χ4n) is 2.92. The Labute approximate surface area is 135 Å². The quantitative estimate of drug-likeness (QED) is 0.458. The van der Waals surface area contributed by atoms with Gasteiger partial charge in [-0.05, 0) is 37.8 Å². The van der Waals surface area contributed by atoms with Gasteiger partial charge in [-0.1, -0.05) is 18.6 Å². The normalized spacial score (nSPS) is 31.4. The first kappa shape index (κ1) is 17.8. The zero-order valence-electron chi connectivity index (χ0n) is 13.5. The Morgan fingerprint density at radius 3 is 2.83 bits per heavy atom. The third-order valence-electron chi connectivity index (χ3n) is 4.71. The van der Waals surface area contributed by atoms with Crippen LogP contribution in [0.25, 0.3) is 0 Å². The fourth-order valence-corrected chi connectivity index (χ4v) is 2.92. The van der Waals surface area contributed by atoms with Gasteiger partial charge >= 0.3 is 5.97 Å². The van der Waals surface area contributed by atoms with E-state index >= 15 is 0 Å². The monoisotopic (exact) mass is 324 g/mol. The number of carboxylic acid groups (broad SMARTS) is 1. The molecule has 2 rings (SSSR count). The minimum Gasteiger partial charge on any atom is -0.481 e. The number of aliphatic carboxylic acids is 1. The van der Waals surface area contributed by atoms with E-state index in [2.05, 4.69) is 0 Å². The molecule has 128 valence electrons. The van der Waals surface area contributed by atoms with Crippen molar-refractivity contribution < 1.29 is 29.6 Å². The minimum atomic E-state index is -0.978. The highest BCUT2D eigenvalue weighted by molar-refractivity contribution is 6.02. The zero-order chi connectivity index (χ0) is 17.2. The van der Waals surface area contributed by atoms with Crippen molar-refractivity contribution in [3.05, 3.63) is 23.3 Å². The maximum Gasteiger partial charge on any atom is 0.306 e. The van der Waals surface area contributed by atoms with Gasteiger partial charge in [0.2, 0.25) is 0 Å². The molecule has 0 saturated carbocycles. The van der Waals surface area contributed by atoms with Gasteiger partial charge in [-0.2, -0.15) is 0 Å².